The maximum absolute atomic E-state index is 11.9. The molecule has 0 radical (unpaired) electrons. The summed E-state index contributed by atoms with van der Waals surface area (Å²) in [6.07, 6.45) is 0. The van der Waals surface area contributed by atoms with Gasteiger partial charge in [0.25, 0.3) is 0 Å². The van der Waals surface area contributed by atoms with Crippen LogP contribution in [0.3, 0.4) is 0 Å². The maximum atomic E-state index is 11.9. The maximum Gasteiger partial charge on any atom is 0.124 e. The lowest BCUT2D eigenvalue weighted by atomic mass is 10.3. The molecule has 1 aromatic rings. The Morgan fingerprint density at radius 2 is 2.00 bits per heavy atom. The highest BCUT2D eigenvalue weighted by Gasteiger charge is 2.07. The molecule has 0 amide bonds. The summed E-state index contributed by atoms with van der Waals surface area (Å²) >= 11 is 8.57. The Balaban J connectivity index is 3.09. The van der Waals surface area contributed by atoms with Gasteiger partial charge in [0.15, 0.2) is 0 Å². The minimum atomic E-state index is -1.02. The largest absolute Gasteiger partial charge is 0.124 e. The van der Waals surface area contributed by atoms with Gasteiger partial charge in [-0.3, -0.25) is 0 Å². The van der Waals surface area contributed by atoms with Gasteiger partial charge in [0.2, 0.25) is 0 Å². The molecule has 1 aromatic carbocycles. The van der Waals surface area contributed by atoms with Crippen molar-refractivity contribution in [1.82, 2.24) is 0 Å². The number of halogens is 4. The van der Waals surface area contributed by atoms with E-state index in [1.54, 1.807) is 0 Å². The number of hydrogen-bond acceptors (Lipinski definition) is 1. The van der Waals surface area contributed by atoms with Crippen molar-refractivity contribution in [3.8, 4) is 0 Å². The summed E-state index contributed by atoms with van der Waals surface area (Å²) in [4.78, 5) is 0. The van der Waals surface area contributed by atoms with Crippen LogP contribution in [-0.2, 0) is 0 Å². The summed E-state index contributed by atoms with van der Waals surface area (Å²) < 4.78 is 24.5. The Morgan fingerprint density at radius 1 is 1.36 bits per heavy atom. The number of hydrogen-bond donors (Lipinski definition) is 0. The molecule has 0 aliphatic rings. The molecule has 0 saturated heterocycles. The molecule has 5 heteroatoms. The normalized spacial score (nSPS) is 9.82. The smallest absolute Gasteiger partial charge is 0.0818 e. The molecule has 0 aliphatic heterocycles. The van der Waals surface area contributed by atoms with E-state index < -0.39 is 5.34 Å². The van der Waals surface area contributed by atoms with Crippen molar-refractivity contribution in [3.05, 3.63) is 27.7 Å². The number of rotatable bonds is 1. The number of anilines is 1. The first-order valence-corrected chi connectivity index (χ1v) is 3.85. The van der Waals surface area contributed by atoms with Gasteiger partial charge >= 0.3 is 0 Å². The molecular formula is C6H3BrClF2N. The lowest BCUT2D eigenvalue weighted by molar-refractivity contribution is 0.235. The molecule has 0 saturated carbocycles. The fourth-order valence-electron chi connectivity index (χ4n) is 0.618. The molecule has 1 rings (SSSR count). The van der Waals surface area contributed by atoms with E-state index >= 15 is 0 Å². The van der Waals surface area contributed by atoms with Gasteiger partial charge in [-0.2, -0.15) is 0 Å². The van der Waals surface area contributed by atoms with Crippen molar-refractivity contribution in [1.29, 1.82) is 0 Å². The van der Waals surface area contributed by atoms with Crippen molar-refractivity contribution in [3.63, 3.8) is 0 Å². The number of benzene rings is 1. The van der Waals surface area contributed by atoms with Crippen molar-refractivity contribution in [2.75, 3.05) is 5.34 Å². The first-order valence-electron chi connectivity index (χ1n) is 2.68. The first-order chi connectivity index (χ1) is 5.11. The van der Waals surface area contributed by atoms with E-state index in [-0.39, 0.29) is 10.7 Å². The Labute approximate surface area is 75.6 Å². The third-order valence-corrected chi connectivity index (χ3v) is 1.89. The molecule has 0 N–H and O–H groups in total. The summed E-state index contributed by atoms with van der Waals surface area (Å²) in [5.41, 5.74) is -0.296. The highest BCUT2D eigenvalue weighted by Crippen LogP contribution is 2.29. The lowest BCUT2D eigenvalue weighted by Crippen LogP contribution is -1.95. The van der Waals surface area contributed by atoms with E-state index in [1.807, 2.05) is 0 Å². The van der Waals surface area contributed by atoms with Crippen molar-refractivity contribution >= 4 is 33.2 Å². The van der Waals surface area contributed by atoms with E-state index in [1.165, 1.54) is 18.2 Å². The van der Waals surface area contributed by atoms with Gasteiger partial charge in [0.05, 0.1) is 5.02 Å². The quantitative estimate of drug-likeness (QED) is 0.679. The van der Waals surface area contributed by atoms with Gasteiger partial charge in [-0.1, -0.05) is 36.5 Å². The fraction of sp³-hybridized carbons (Fsp3) is 0. The standard InChI is InChI=1S/C6H3BrClF2N/c7-4-1-2-6(11(9)10)5(8)3-4/h1-3H. The molecule has 0 aromatic heterocycles. The summed E-state index contributed by atoms with van der Waals surface area (Å²) in [6.45, 7) is 0. The SMILES string of the molecule is FN(F)c1ccc(Br)cc1Cl. The Hall–Kier alpha value is -0.350. The Morgan fingerprint density at radius 3 is 2.45 bits per heavy atom. The average molecular weight is 242 g/mol. The van der Waals surface area contributed by atoms with Gasteiger partial charge in [-0.25, -0.2) is 0 Å². The molecule has 0 unspecified atom stereocenters. The minimum Gasteiger partial charge on any atom is -0.0818 e. The third-order valence-electron chi connectivity index (χ3n) is 1.09. The predicted molar refractivity (Wildman–Crippen MR) is 43.8 cm³/mol. The highest BCUT2D eigenvalue weighted by atomic mass is 79.9. The van der Waals surface area contributed by atoms with Gasteiger partial charge in [0.1, 0.15) is 5.69 Å². The van der Waals surface area contributed by atoms with E-state index in [0.717, 1.165) is 0 Å². The monoisotopic (exact) mass is 241 g/mol. The van der Waals surface area contributed by atoms with Crippen LogP contribution in [0.5, 0.6) is 0 Å². The third kappa shape index (κ3) is 2.04. The number of nitrogens with zero attached hydrogens (tertiary/aromatic N) is 1. The second-order valence-corrected chi connectivity index (χ2v) is 3.15. The molecule has 11 heavy (non-hydrogen) atoms. The second kappa shape index (κ2) is 3.36. The van der Waals surface area contributed by atoms with Crippen LogP contribution in [-0.4, -0.2) is 0 Å². The van der Waals surface area contributed by atoms with Crippen LogP contribution in [0.2, 0.25) is 5.02 Å². The molecule has 0 fully saturated rings. The molecule has 60 valence electrons. The van der Waals surface area contributed by atoms with Crippen LogP contribution in [0.25, 0.3) is 0 Å². The Bertz CT molecular complexity index is 267. The van der Waals surface area contributed by atoms with E-state index in [0.29, 0.717) is 4.47 Å². The van der Waals surface area contributed by atoms with E-state index in [2.05, 4.69) is 15.9 Å². The summed E-state index contributed by atoms with van der Waals surface area (Å²) in [5, 5.41) is -1.00. The molecule has 0 spiro atoms. The average Bonchev–Trinajstić information content (AvgIpc) is 1.85. The summed E-state index contributed by atoms with van der Waals surface area (Å²) in [6, 6.07) is 4.13. The predicted octanol–water partition coefficient (Wildman–Crippen LogP) is 3.68. The van der Waals surface area contributed by atoms with Gasteiger partial charge in [-0.05, 0) is 23.5 Å². The van der Waals surface area contributed by atoms with Crippen LogP contribution < -0.4 is 5.34 Å². The second-order valence-electron chi connectivity index (χ2n) is 1.83. The fourth-order valence-corrected chi connectivity index (χ4v) is 1.36. The van der Waals surface area contributed by atoms with Crippen molar-refractivity contribution in [2.24, 2.45) is 0 Å². The van der Waals surface area contributed by atoms with Crippen LogP contribution in [0.1, 0.15) is 0 Å². The zero-order valence-electron chi connectivity index (χ0n) is 5.19. The van der Waals surface area contributed by atoms with E-state index in [9.17, 15) is 8.96 Å². The van der Waals surface area contributed by atoms with Gasteiger partial charge in [-0.15, -0.1) is 0 Å². The van der Waals surface area contributed by atoms with E-state index in [4.69, 9.17) is 11.6 Å². The summed E-state index contributed by atoms with van der Waals surface area (Å²) in [5.74, 6) is 0. The van der Waals surface area contributed by atoms with Crippen LogP contribution >= 0.6 is 27.5 Å². The Kier molecular flexibility index (Phi) is 2.67. The van der Waals surface area contributed by atoms with Crippen LogP contribution in [0.4, 0.5) is 14.6 Å². The first kappa shape index (κ1) is 8.74. The zero-order valence-corrected chi connectivity index (χ0v) is 7.53. The molecule has 0 heterocycles. The molecule has 1 nitrogen and oxygen atoms in total. The minimum absolute atomic E-state index is 0.0179. The topological polar surface area (TPSA) is 3.24 Å². The van der Waals surface area contributed by atoms with Crippen LogP contribution in [0.15, 0.2) is 22.7 Å². The molecule has 0 aliphatic carbocycles. The van der Waals surface area contributed by atoms with Crippen LogP contribution in [0, 0.1) is 0 Å². The summed E-state index contributed by atoms with van der Waals surface area (Å²) in [7, 11) is 0. The van der Waals surface area contributed by atoms with Crippen molar-refractivity contribution < 1.29 is 8.96 Å². The van der Waals surface area contributed by atoms with Gasteiger partial charge in [0, 0.05) is 4.47 Å². The molecular weight excluding hydrogens is 239 g/mol. The molecule has 0 bridgehead atoms. The van der Waals surface area contributed by atoms with Crippen molar-refractivity contribution in [2.45, 2.75) is 0 Å². The highest BCUT2D eigenvalue weighted by molar-refractivity contribution is 9.10. The molecule has 0 atom stereocenters. The van der Waals surface area contributed by atoms with Gasteiger partial charge < -0.3 is 0 Å². The lowest BCUT2D eigenvalue weighted by Gasteiger charge is -2.03. The zero-order chi connectivity index (χ0) is 8.43.